The van der Waals surface area contributed by atoms with Crippen molar-refractivity contribution < 1.29 is 22.3 Å². The number of hydrogen-bond donors (Lipinski definition) is 1. The highest BCUT2D eigenvalue weighted by molar-refractivity contribution is 7.89. The van der Waals surface area contributed by atoms with Gasteiger partial charge in [-0.25, -0.2) is 12.8 Å². The van der Waals surface area contributed by atoms with Gasteiger partial charge in [0.25, 0.3) is 0 Å². The van der Waals surface area contributed by atoms with Gasteiger partial charge < -0.3 is 14.6 Å². The number of para-hydroxylation sites is 1. The van der Waals surface area contributed by atoms with Gasteiger partial charge in [0.05, 0.1) is 11.4 Å². The average Bonchev–Trinajstić information content (AvgIpc) is 3.35. The molecule has 1 N–H and O–H groups in total. The molecule has 0 unspecified atom stereocenters. The van der Waals surface area contributed by atoms with Crippen LogP contribution in [0.25, 0.3) is 10.9 Å². The van der Waals surface area contributed by atoms with E-state index in [0.717, 1.165) is 27.6 Å². The van der Waals surface area contributed by atoms with E-state index < -0.39 is 10.0 Å². The summed E-state index contributed by atoms with van der Waals surface area (Å²) in [4.78, 5) is 18.8. The number of aromatic amines is 1. The Labute approximate surface area is 229 Å². The number of aryl methyl sites for hydroxylation is 1. The number of rotatable bonds is 13. The van der Waals surface area contributed by atoms with Gasteiger partial charge >= 0.3 is 0 Å². The van der Waals surface area contributed by atoms with E-state index in [9.17, 15) is 17.6 Å². The number of fused-ring (bicyclic) bond motifs is 1. The maximum absolute atomic E-state index is 13.7. The van der Waals surface area contributed by atoms with Crippen molar-refractivity contribution in [2.75, 3.05) is 33.4 Å². The van der Waals surface area contributed by atoms with Crippen molar-refractivity contribution in [2.24, 2.45) is 0 Å². The normalized spacial score (nSPS) is 11.8. The number of carbonyl (C=O) groups is 1. The molecule has 9 heteroatoms. The van der Waals surface area contributed by atoms with Gasteiger partial charge in [-0.2, -0.15) is 4.31 Å². The SMILES string of the molecule is COCCCN(CC(=O)N(CCc1c[nH]c2ccccc12)Cc1ccc(F)cc1)S(=O)(=O)c1ccc(C)cc1. The molecule has 0 atom stereocenters. The minimum atomic E-state index is -3.92. The molecular formula is C30H34FN3O4S. The lowest BCUT2D eigenvalue weighted by Crippen LogP contribution is -2.43. The highest BCUT2D eigenvalue weighted by atomic mass is 32.2. The molecule has 0 saturated heterocycles. The predicted octanol–water partition coefficient (Wildman–Crippen LogP) is 4.91. The van der Waals surface area contributed by atoms with Crippen LogP contribution in [0.4, 0.5) is 4.39 Å². The van der Waals surface area contributed by atoms with Crippen LogP contribution in [0.3, 0.4) is 0 Å². The molecule has 0 aliphatic heterocycles. The van der Waals surface area contributed by atoms with Gasteiger partial charge in [-0.15, -0.1) is 0 Å². The zero-order valence-electron chi connectivity index (χ0n) is 22.3. The summed E-state index contributed by atoms with van der Waals surface area (Å²) in [6.45, 7) is 2.69. The van der Waals surface area contributed by atoms with Gasteiger partial charge in [0.1, 0.15) is 5.82 Å². The molecule has 1 aromatic heterocycles. The first-order valence-corrected chi connectivity index (χ1v) is 14.3. The van der Waals surface area contributed by atoms with Gasteiger partial charge in [-0.1, -0.05) is 48.0 Å². The topological polar surface area (TPSA) is 82.7 Å². The molecule has 1 heterocycles. The number of nitrogens with zero attached hydrogens (tertiary/aromatic N) is 2. The second-order valence-corrected chi connectivity index (χ2v) is 11.5. The zero-order valence-corrected chi connectivity index (χ0v) is 23.1. The van der Waals surface area contributed by atoms with E-state index in [1.807, 2.05) is 37.4 Å². The van der Waals surface area contributed by atoms with Crippen LogP contribution in [0, 0.1) is 12.7 Å². The van der Waals surface area contributed by atoms with Crippen LogP contribution in [0.1, 0.15) is 23.1 Å². The van der Waals surface area contributed by atoms with Crippen LogP contribution in [-0.4, -0.2) is 61.9 Å². The Morgan fingerprint density at radius 2 is 1.69 bits per heavy atom. The fourth-order valence-electron chi connectivity index (χ4n) is 4.48. The summed E-state index contributed by atoms with van der Waals surface area (Å²) in [7, 11) is -2.36. The quantitative estimate of drug-likeness (QED) is 0.239. The van der Waals surface area contributed by atoms with E-state index in [1.165, 1.54) is 16.4 Å². The summed E-state index contributed by atoms with van der Waals surface area (Å²) in [6.07, 6.45) is 2.96. The van der Waals surface area contributed by atoms with E-state index in [-0.39, 0.29) is 36.3 Å². The van der Waals surface area contributed by atoms with Crippen molar-refractivity contribution in [2.45, 2.75) is 31.2 Å². The molecule has 0 aliphatic rings. The standard InChI is InChI=1S/C30H34FN3O4S/c1-23-8-14-27(15-9-23)39(36,37)34(17-5-19-38-2)22-30(35)33(21-24-10-12-26(31)13-11-24)18-16-25-20-32-29-7-4-3-6-28(25)29/h3-4,6-15,20,32H,5,16-19,21-22H2,1-2H3. The number of hydrogen-bond acceptors (Lipinski definition) is 4. The second kappa shape index (κ2) is 13.0. The molecule has 0 saturated carbocycles. The number of nitrogens with one attached hydrogen (secondary N) is 1. The number of amides is 1. The predicted molar refractivity (Wildman–Crippen MR) is 150 cm³/mol. The first kappa shape index (κ1) is 28.5. The molecule has 0 spiro atoms. The summed E-state index contributed by atoms with van der Waals surface area (Å²) in [5, 5.41) is 1.08. The van der Waals surface area contributed by atoms with Gasteiger partial charge in [0.15, 0.2) is 0 Å². The zero-order chi connectivity index (χ0) is 27.8. The van der Waals surface area contributed by atoms with Crippen LogP contribution in [0.2, 0.25) is 0 Å². The Kier molecular flexibility index (Phi) is 9.50. The number of ether oxygens (including phenoxy) is 1. The van der Waals surface area contributed by atoms with Gasteiger partial charge in [0.2, 0.25) is 15.9 Å². The fourth-order valence-corrected chi connectivity index (χ4v) is 5.90. The Morgan fingerprint density at radius 3 is 2.41 bits per heavy atom. The number of H-pyrrole nitrogens is 1. The van der Waals surface area contributed by atoms with Crippen LogP contribution in [0.5, 0.6) is 0 Å². The van der Waals surface area contributed by atoms with Gasteiger partial charge in [0, 0.05) is 50.5 Å². The van der Waals surface area contributed by atoms with Crippen molar-refractivity contribution in [1.29, 1.82) is 0 Å². The second-order valence-electron chi connectivity index (χ2n) is 9.55. The molecule has 0 radical (unpaired) electrons. The first-order chi connectivity index (χ1) is 18.8. The van der Waals surface area contributed by atoms with Crippen LogP contribution in [0.15, 0.2) is 83.9 Å². The number of sulfonamides is 1. The maximum atomic E-state index is 13.7. The molecule has 0 fully saturated rings. The minimum absolute atomic E-state index is 0.141. The summed E-state index contributed by atoms with van der Waals surface area (Å²) in [5.41, 5.74) is 3.78. The molecule has 39 heavy (non-hydrogen) atoms. The molecule has 0 aliphatic carbocycles. The highest BCUT2D eigenvalue weighted by Crippen LogP contribution is 2.20. The molecular weight excluding hydrogens is 517 g/mol. The number of aromatic nitrogens is 1. The van der Waals surface area contributed by atoms with Gasteiger partial charge in [-0.3, -0.25) is 4.79 Å². The van der Waals surface area contributed by atoms with Crippen LogP contribution >= 0.6 is 0 Å². The number of carbonyl (C=O) groups excluding carboxylic acids is 1. The summed E-state index contributed by atoms with van der Waals surface area (Å²) >= 11 is 0. The van der Waals surface area contributed by atoms with Crippen molar-refractivity contribution in [3.63, 3.8) is 0 Å². The Morgan fingerprint density at radius 1 is 0.974 bits per heavy atom. The third kappa shape index (κ3) is 7.32. The van der Waals surface area contributed by atoms with Crippen LogP contribution in [-0.2, 0) is 32.5 Å². The van der Waals surface area contributed by atoms with Gasteiger partial charge in [-0.05, 0) is 61.2 Å². The number of halogens is 1. The van der Waals surface area contributed by atoms with Crippen molar-refractivity contribution in [3.05, 3.63) is 102 Å². The summed E-state index contributed by atoms with van der Waals surface area (Å²) < 4.78 is 47.0. The van der Waals surface area contributed by atoms with E-state index in [1.54, 1.807) is 48.4 Å². The molecule has 4 aromatic rings. The van der Waals surface area contributed by atoms with E-state index in [0.29, 0.717) is 26.0 Å². The Bertz CT molecular complexity index is 1480. The minimum Gasteiger partial charge on any atom is -0.385 e. The van der Waals surface area contributed by atoms with E-state index in [4.69, 9.17) is 4.74 Å². The molecule has 4 rings (SSSR count). The van der Waals surface area contributed by atoms with E-state index >= 15 is 0 Å². The largest absolute Gasteiger partial charge is 0.385 e. The summed E-state index contributed by atoms with van der Waals surface area (Å²) in [5.74, 6) is -0.684. The third-order valence-corrected chi connectivity index (χ3v) is 8.55. The smallest absolute Gasteiger partial charge is 0.243 e. The molecule has 3 aromatic carbocycles. The number of benzene rings is 3. The third-order valence-electron chi connectivity index (χ3n) is 6.69. The van der Waals surface area contributed by atoms with Crippen LogP contribution < -0.4 is 0 Å². The Hall–Kier alpha value is -3.53. The molecule has 7 nitrogen and oxygen atoms in total. The van der Waals surface area contributed by atoms with Crippen molar-refractivity contribution in [1.82, 2.24) is 14.2 Å². The van der Waals surface area contributed by atoms with E-state index in [2.05, 4.69) is 4.98 Å². The van der Waals surface area contributed by atoms with Crippen molar-refractivity contribution >= 4 is 26.8 Å². The van der Waals surface area contributed by atoms with Crippen molar-refractivity contribution in [3.8, 4) is 0 Å². The molecule has 0 bridgehead atoms. The Balaban J connectivity index is 1.58. The fraction of sp³-hybridized carbons (Fsp3) is 0.300. The first-order valence-electron chi connectivity index (χ1n) is 12.9. The lowest BCUT2D eigenvalue weighted by molar-refractivity contribution is -0.132. The average molecular weight is 552 g/mol. The number of methoxy groups -OCH3 is 1. The monoisotopic (exact) mass is 551 g/mol. The lowest BCUT2D eigenvalue weighted by atomic mass is 10.1. The molecule has 1 amide bonds. The summed E-state index contributed by atoms with van der Waals surface area (Å²) in [6, 6.07) is 20.5. The lowest BCUT2D eigenvalue weighted by Gasteiger charge is -2.27. The highest BCUT2D eigenvalue weighted by Gasteiger charge is 2.28. The maximum Gasteiger partial charge on any atom is 0.243 e. The molecule has 206 valence electrons.